The molecule has 2 rings (SSSR count). The van der Waals surface area contributed by atoms with E-state index in [1.54, 1.807) is 25.1 Å². The summed E-state index contributed by atoms with van der Waals surface area (Å²) in [4.78, 5) is 11.4. The molecule has 1 heterocycles. The van der Waals surface area contributed by atoms with Crippen molar-refractivity contribution in [2.75, 3.05) is 7.11 Å². The number of ether oxygens (including phenoxy) is 1. The summed E-state index contributed by atoms with van der Waals surface area (Å²) in [6.45, 7) is 2.10. The second-order valence-electron chi connectivity index (χ2n) is 4.22. The van der Waals surface area contributed by atoms with Gasteiger partial charge in [0.2, 0.25) is 0 Å². The maximum absolute atomic E-state index is 11.4. The molecular weight excluding hydrogens is 240 g/mol. The number of Topliss-reactive ketones (excluding diaryl/α,β-unsaturated/α-hetero) is 1. The molecule has 0 aliphatic heterocycles. The van der Waals surface area contributed by atoms with Crippen LogP contribution in [0.5, 0.6) is 5.75 Å². The number of methoxy groups -OCH3 is 1. The molecule has 96 valence electrons. The molecular formula is C15H14N2O2. The lowest BCUT2D eigenvalue weighted by molar-refractivity contribution is 0.100. The van der Waals surface area contributed by atoms with Crippen molar-refractivity contribution in [3.05, 3.63) is 53.3 Å². The molecule has 0 N–H and O–H groups in total. The zero-order valence-electron chi connectivity index (χ0n) is 10.9. The lowest BCUT2D eigenvalue weighted by Crippen LogP contribution is -2.07. The highest BCUT2D eigenvalue weighted by Gasteiger charge is 2.08. The van der Waals surface area contributed by atoms with E-state index in [0.717, 1.165) is 5.56 Å². The highest BCUT2D eigenvalue weighted by atomic mass is 16.5. The molecule has 0 radical (unpaired) electrons. The quantitative estimate of drug-likeness (QED) is 0.788. The summed E-state index contributed by atoms with van der Waals surface area (Å²) in [5.74, 6) is 0.588. The van der Waals surface area contributed by atoms with Crippen molar-refractivity contribution in [3.63, 3.8) is 0 Å². The fourth-order valence-electron chi connectivity index (χ4n) is 2.01. The monoisotopic (exact) mass is 254 g/mol. The van der Waals surface area contributed by atoms with E-state index in [1.165, 1.54) is 7.11 Å². The number of nitriles is 1. The van der Waals surface area contributed by atoms with E-state index in [9.17, 15) is 4.79 Å². The first-order chi connectivity index (χ1) is 9.15. The van der Waals surface area contributed by atoms with Crippen LogP contribution in [-0.2, 0) is 6.54 Å². The SMILES string of the molecule is COc1ccc(Cn2cccc2C(C)=O)cc1C#N. The summed E-state index contributed by atoms with van der Waals surface area (Å²) in [7, 11) is 1.54. The van der Waals surface area contributed by atoms with E-state index in [0.29, 0.717) is 23.6 Å². The average molecular weight is 254 g/mol. The standard InChI is InChI=1S/C15H14N2O2/c1-11(18)14-4-3-7-17(14)10-12-5-6-15(19-2)13(8-12)9-16/h3-8H,10H2,1-2H3. The van der Waals surface area contributed by atoms with E-state index < -0.39 is 0 Å². The molecule has 1 aromatic heterocycles. The van der Waals surface area contributed by atoms with Crippen molar-refractivity contribution in [2.45, 2.75) is 13.5 Å². The van der Waals surface area contributed by atoms with Crippen LogP contribution >= 0.6 is 0 Å². The summed E-state index contributed by atoms with van der Waals surface area (Å²) in [6.07, 6.45) is 1.85. The third-order valence-corrected chi connectivity index (χ3v) is 2.93. The van der Waals surface area contributed by atoms with Crippen LogP contribution in [0.25, 0.3) is 0 Å². The first kappa shape index (κ1) is 12.9. The zero-order chi connectivity index (χ0) is 13.8. The maximum Gasteiger partial charge on any atom is 0.176 e. The molecule has 0 saturated heterocycles. The van der Waals surface area contributed by atoms with Gasteiger partial charge >= 0.3 is 0 Å². The Bertz CT molecular complexity index is 650. The molecule has 0 fully saturated rings. The Hall–Kier alpha value is -2.54. The van der Waals surface area contributed by atoms with Crippen molar-refractivity contribution < 1.29 is 9.53 Å². The Balaban J connectivity index is 2.31. The molecule has 0 bridgehead atoms. The molecule has 2 aromatic rings. The van der Waals surface area contributed by atoms with Crippen LogP contribution in [0.2, 0.25) is 0 Å². The van der Waals surface area contributed by atoms with Gasteiger partial charge in [0.05, 0.1) is 18.4 Å². The van der Waals surface area contributed by atoms with E-state index in [1.807, 2.05) is 22.9 Å². The van der Waals surface area contributed by atoms with Gasteiger partial charge < -0.3 is 9.30 Å². The fourth-order valence-corrected chi connectivity index (χ4v) is 2.01. The Morgan fingerprint density at radius 1 is 1.42 bits per heavy atom. The fraction of sp³-hybridized carbons (Fsp3) is 0.200. The van der Waals surface area contributed by atoms with Gasteiger partial charge in [-0.1, -0.05) is 6.07 Å². The number of aromatic nitrogens is 1. The van der Waals surface area contributed by atoms with Gasteiger partial charge in [-0.3, -0.25) is 4.79 Å². The molecule has 4 nitrogen and oxygen atoms in total. The summed E-state index contributed by atoms with van der Waals surface area (Å²) in [5, 5.41) is 9.05. The number of benzene rings is 1. The van der Waals surface area contributed by atoms with Gasteiger partial charge in [0.1, 0.15) is 11.8 Å². The molecule has 0 spiro atoms. The highest BCUT2D eigenvalue weighted by molar-refractivity contribution is 5.92. The maximum atomic E-state index is 11.4. The van der Waals surface area contributed by atoms with Gasteiger partial charge in [-0.25, -0.2) is 0 Å². The molecule has 0 unspecified atom stereocenters. The first-order valence-electron chi connectivity index (χ1n) is 5.89. The van der Waals surface area contributed by atoms with Crippen molar-refractivity contribution in [3.8, 4) is 11.8 Å². The lowest BCUT2D eigenvalue weighted by Gasteiger charge is -2.09. The molecule has 0 saturated carbocycles. The molecule has 0 atom stereocenters. The van der Waals surface area contributed by atoms with Gasteiger partial charge in [-0.05, 0) is 29.8 Å². The number of carbonyl (C=O) groups is 1. The normalized spacial score (nSPS) is 9.95. The van der Waals surface area contributed by atoms with E-state index >= 15 is 0 Å². The third-order valence-electron chi connectivity index (χ3n) is 2.93. The minimum Gasteiger partial charge on any atom is -0.495 e. The van der Waals surface area contributed by atoms with Gasteiger partial charge in [-0.2, -0.15) is 5.26 Å². The number of hydrogen-bond acceptors (Lipinski definition) is 3. The molecule has 0 amide bonds. The smallest absolute Gasteiger partial charge is 0.176 e. The number of nitrogens with zero attached hydrogens (tertiary/aromatic N) is 2. The first-order valence-corrected chi connectivity index (χ1v) is 5.89. The number of hydrogen-bond donors (Lipinski definition) is 0. The minimum absolute atomic E-state index is 0.0269. The van der Waals surface area contributed by atoms with Crippen molar-refractivity contribution in [1.29, 1.82) is 5.26 Å². The van der Waals surface area contributed by atoms with Crippen molar-refractivity contribution in [2.24, 2.45) is 0 Å². The summed E-state index contributed by atoms with van der Waals surface area (Å²) >= 11 is 0. The van der Waals surface area contributed by atoms with E-state index in [2.05, 4.69) is 6.07 Å². The second kappa shape index (κ2) is 5.40. The predicted molar refractivity (Wildman–Crippen MR) is 71.2 cm³/mol. The van der Waals surface area contributed by atoms with Crippen LogP contribution in [-0.4, -0.2) is 17.5 Å². The van der Waals surface area contributed by atoms with Crippen LogP contribution in [0.4, 0.5) is 0 Å². The molecule has 4 heteroatoms. The third kappa shape index (κ3) is 2.66. The zero-order valence-corrected chi connectivity index (χ0v) is 10.9. The minimum atomic E-state index is 0.0269. The number of ketones is 1. The Morgan fingerprint density at radius 3 is 2.84 bits per heavy atom. The summed E-state index contributed by atoms with van der Waals surface area (Å²) < 4.78 is 6.97. The van der Waals surface area contributed by atoms with E-state index in [-0.39, 0.29) is 5.78 Å². The molecule has 1 aromatic carbocycles. The van der Waals surface area contributed by atoms with Crippen LogP contribution in [0.1, 0.15) is 28.5 Å². The van der Waals surface area contributed by atoms with Crippen LogP contribution in [0.15, 0.2) is 36.5 Å². The van der Waals surface area contributed by atoms with Crippen molar-refractivity contribution >= 4 is 5.78 Å². The lowest BCUT2D eigenvalue weighted by atomic mass is 10.1. The molecule has 19 heavy (non-hydrogen) atoms. The Labute approximate surface area is 111 Å². The Morgan fingerprint density at radius 2 is 2.21 bits per heavy atom. The average Bonchev–Trinajstić information content (AvgIpc) is 2.87. The van der Waals surface area contributed by atoms with Gasteiger partial charge in [-0.15, -0.1) is 0 Å². The number of carbonyl (C=O) groups excluding carboxylic acids is 1. The second-order valence-corrected chi connectivity index (χ2v) is 4.22. The van der Waals surface area contributed by atoms with Gasteiger partial charge in [0, 0.05) is 19.7 Å². The van der Waals surface area contributed by atoms with Crippen LogP contribution in [0, 0.1) is 11.3 Å². The predicted octanol–water partition coefficient (Wildman–Crippen LogP) is 2.62. The largest absolute Gasteiger partial charge is 0.495 e. The van der Waals surface area contributed by atoms with Gasteiger partial charge in [0.15, 0.2) is 5.78 Å². The van der Waals surface area contributed by atoms with Crippen molar-refractivity contribution in [1.82, 2.24) is 4.57 Å². The Kier molecular flexibility index (Phi) is 3.67. The van der Waals surface area contributed by atoms with Crippen LogP contribution in [0.3, 0.4) is 0 Å². The molecule has 0 aliphatic carbocycles. The van der Waals surface area contributed by atoms with Gasteiger partial charge in [0.25, 0.3) is 0 Å². The summed E-state index contributed by atoms with van der Waals surface area (Å²) in [6, 6.07) is 11.2. The topological polar surface area (TPSA) is 55.0 Å². The van der Waals surface area contributed by atoms with Crippen LogP contribution < -0.4 is 4.74 Å². The number of rotatable bonds is 4. The highest BCUT2D eigenvalue weighted by Crippen LogP contribution is 2.20. The summed E-state index contributed by atoms with van der Waals surface area (Å²) in [5.41, 5.74) is 2.11. The molecule has 0 aliphatic rings. The van der Waals surface area contributed by atoms with E-state index in [4.69, 9.17) is 10.00 Å².